The molecular formula is C45H47N13O5. The Morgan fingerprint density at radius 3 is 1.86 bits per heavy atom. The Morgan fingerprint density at radius 1 is 0.714 bits per heavy atom. The normalized spacial score (nSPS) is 15.0. The zero-order valence-corrected chi connectivity index (χ0v) is 36.1. The van der Waals surface area contributed by atoms with Gasteiger partial charge < -0.3 is 35.8 Å². The van der Waals surface area contributed by atoms with Crippen LogP contribution in [0.15, 0.2) is 76.2 Å². The molecule has 6 heterocycles. The van der Waals surface area contributed by atoms with E-state index in [-0.39, 0.29) is 17.8 Å². The number of nitrogens with zero attached hydrogens (tertiary/aromatic N) is 11. The van der Waals surface area contributed by atoms with Gasteiger partial charge in [-0.3, -0.25) is 4.57 Å². The summed E-state index contributed by atoms with van der Waals surface area (Å²) >= 11 is 0. The summed E-state index contributed by atoms with van der Waals surface area (Å²) in [6, 6.07) is 16.1. The van der Waals surface area contributed by atoms with Gasteiger partial charge in [-0.05, 0) is 96.7 Å². The molecule has 18 heteroatoms. The van der Waals surface area contributed by atoms with Crippen LogP contribution in [0.1, 0.15) is 93.0 Å². The van der Waals surface area contributed by atoms with Crippen molar-refractivity contribution in [2.45, 2.75) is 85.0 Å². The predicted octanol–water partition coefficient (Wildman–Crippen LogP) is 5.25. The number of rotatable bonds is 6. The van der Waals surface area contributed by atoms with Crippen LogP contribution in [0.4, 0.5) is 11.9 Å². The zero-order valence-electron chi connectivity index (χ0n) is 36.1. The molecule has 8 aromatic rings. The van der Waals surface area contributed by atoms with Crippen molar-refractivity contribution in [1.29, 1.82) is 0 Å². The lowest BCUT2D eigenvalue weighted by Gasteiger charge is -2.20. The Hall–Kier alpha value is -7.51. The number of nitrogens with two attached hydrogens (primary N) is 2. The number of aryl methyl sites for hydroxylation is 3. The van der Waals surface area contributed by atoms with Crippen LogP contribution in [0.3, 0.4) is 0 Å². The van der Waals surface area contributed by atoms with Crippen LogP contribution in [-0.2, 0) is 16.8 Å². The second-order valence-electron chi connectivity index (χ2n) is 15.3. The van der Waals surface area contributed by atoms with Gasteiger partial charge in [0.25, 0.3) is 0 Å². The molecule has 6 aromatic heterocycles. The van der Waals surface area contributed by atoms with Gasteiger partial charge in [0.1, 0.15) is 46.4 Å². The minimum Gasteiger partial charge on any atom is -0.383 e. The second-order valence-corrected chi connectivity index (χ2v) is 15.3. The molecule has 322 valence electrons. The lowest BCUT2D eigenvalue weighted by atomic mass is 9.93. The average Bonchev–Trinajstić information content (AvgIpc) is 3.51. The standard InChI is InChI=1S/C24H24N6O3.C19H17N7O2.C2H6/c1-14-12-19(29-33-14)23(2,31)10-8-15-4-7-17-18(13-15)30(20-9-11-26-22(25)27-20)28-21(17)24(3,32)16-5-6-16;1-11-8-16(25-28-11)19(3,27)7-6-13-4-5-14-15(9-13)26(12(2)23-14)18-22-10-21-17(20)24-18;1-2/h4,7,9,11-13,16,31-32H,5-6H2,1-3H3,(H2,25,26,27);4-5,8-10,27H,1-3H3,(H2,20,21,22,24);1-2H3/t;19-;/m.1./s1. The Labute approximate surface area is 362 Å². The van der Waals surface area contributed by atoms with Crippen molar-refractivity contribution >= 4 is 33.8 Å². The maximum atomic E-state index is 11.2. The van der Waals surface area contributed by atoms with Gasteiger partial charge in [0.15, 0.2) is 17.0 Å². The molecule has 0 aliphatic heterocycles. The van der Waals surface area contributed by atoms with Crippen molar-refractivity contribution in [1.82, 2.24) is 54.6 Å². The molecule has 63 heavy (non-hydrogen) atoms. The Bertz CT molecular complexity index is 3080. The summed E-state index contributed by atoms with van der Waals surface area (Å²) in [5, 5.41) is 45.8. The van der Waals surface area contributed by atoms with Gasteiger partial charge in [0.05, 0.1) is 16.6 Å². The molecular weight excluding hydrogens is 803 g/mol. The molecule has 9 rings (SSSR count). The molecule has 0 amide bonds. The molecule has 1 saturated carbocycles. The monoisotopic (exact) mass is 849 g/mol. The molecule has 0 spiro atoms. The minimum absolute atomic E-state index is 0.126. The van der Waals surface area contributed by atoms with Crippen LogP contribution in [0.5, 0.6) is 0 Å². The molecule has 0 bridgehead atoms. The van der Waals surface area contributed by atoms with Crippen molar-refractivity contribution in [2.24, 2.45) is 5.92 Å². The molecule has 0 radical (unpaired) electrons. The van der Waals surface area contributed by atoms with Crippen LogP contribution in [0.2, 0.25) is 0 Å². The summed E-state index contributed by atoms with van der Waals surface area (Å²) in [5.74, 6) is 14.9. The minimum atomic E-state index is -1.48. The number of aromatic nitrogens is 11. The Kier molecular flexibility index (Phi) is 11.8. The van der Waals surface area contributed by atoms with E-state index in [4.69, 9.17) is 25.6 Å². The zero-order chi connectivity index (χ0) is 45.3. The summed E-state index contributed by atoms with van der Waals surface area (Å²) in [6.45, 7) is 14.3. The van der Waals surface area contributed by atoms with Crippen LogP contribution in [0.25, 0.3) is 33.7 Å². The van der Waals surface area contributed by atoms with Gasteiger partial charge in [-0.1, -0.05) is 47.8 Å². The van der Waals surface area contributed by atoms with E-state index in [0.717, 1.165) is 29.3 Å². The van der Waals surface area contributed by atoms with Gasteiger partial charge in [0, 0.05) is 40.9 Å². The number of hydrogen-bond acceptors (Lipinski definition) is 16. The first-order valence-electron chi connectivity index (χ1n) is 20.2. The van der Waals surface area contributed by atoms with E-state index in [1.54, 1.807) is 68.3 Å². The number of aliphatic hydroxyl groups is 3. The molecule has 2 aromatic carbocycles. The summed E-state index contributed by atoms with van der Waals surface area (Å²) in [5.41, 5.74) is 12.4. The Morgan fingerprint density at radius 2 is 1.30 bits per heavy atom. The largest absolute Gasteiger partial charge is 0.383 e. The van der Waals surface area contributed by atoms with E-state index in [9.17, 15) is 15.3 Å². The third-order valence-electron chi connectivity index (χ3n) is 10.2. The third kappa shape index (κ3) is 9.24. The van der Waals surface area contributed by atoms with E-state index in [1.165, 1.54) is 6.33 Å². The van der Waals surface area contributed by atoms with E-state index in [0.29, 0.717) is 62.8 Å². The van der Waals surface area contributed by atoms with Crippen molar-refractivity contribution in [3.63, 3.8) is 0 Å². The highest BCUT2D eigenvalue weighted by Crippen LogP contribution is 2.47. The second kappa shape index (κ2) is 17.1. The number of nitrogen functional groups attached to an aromatic ring is 2. The average molecular weight is 850 g/mol. The molecule has 1 fully saturated rings. The topological polar surface area (TPSA) is 265 Å². The molecule has 7 N–H and O–H groups in total. The SMILES string of the molecule is CC.Cc1cc(C(C)(O)C#Cc2ccc3c(C(C)(O)C4CC4)nn(-c4ccnc(N)n4)c3c2)no1.Cc1cc([C@](C)(O)C#Cc2ccc3nc(C)n(-c4ncnc(N)n4)c3c2)no1. The van der Waals surface area contributed by atoms with E-state index in [1.807, 2.05) is 57.2 Å². The van der Waals surface area contributed by atoms with Crippen LogP contribution >= 0.6 is 0 Å². The van der Waals surface area contributed by atoms with Gasteiger partial charge >= 0.3 is 0 Å². The lowest BCUT2D eigenvalue weighted by molar-refractivity contribution is 0.0297. The number of hydrogen-bond donors (Lipinski definition) is 5. The van der Waals surface area contributed by atoms with Crippen molar-refractivity contribution in [2.75, 3.05) is 11.5 Å². The fourth-order valence-electron chi connectivity index (χ4n) is 6.70. The molecule has 18 nitrogen and oxygen atoms in total. The fourth-order valence-corrected chi connectivity index (χ4v) is 6.70. The van der Waals surface area contributed by atoms with Gasteiger partial charge in [-0.25, -0.2) is 24.6 Å². The highest BCUT2D eigenvalue weighted by molar-refractivity contribution is 5.85. The molecule has 1 aliphatic rings. The van der Waals surface area contributed by atoms with E-state index < -0.39 is 16.8 Å². The van der Waals surface area contributed by atoms with Gasteiger partial charge in [0.2, 0.25) is 17.8 Å². The highest BCUT2D eigenvalue weighted by atomic mass is 16.5. The Balaban J connectivity index is 0.000000184. The van der Waals surface area contributed by atoms with Crippen molar-refractivity contribution in [3.8, 4) is 35.4 Å². The third-order valence-corrected chi connectivity index (χ3v) is 10.2. The first-order valence-corrected chi connectivity index (χ1v) is 20.2. The predicted molar refractivity (Wildman–Crippen MR) is 234 cm³/mol. The molecule has 2 unspecified atom stereocenters. The lowest BCUT2D eigenvalue weighted by Crippen LogP contribution is -2.25. The highest BCUT2D eigenvalue weighted by Gasteiger charge is 2.44. The molecule has 3 atom stereocenters. The molecule has 0 saturated heterocycles. The number of benzene rings is 2. The summed E-state index contributed by atoms with van der Waals surface area (Å²) < 4.78 is 13.5. The van der Waals surface area contributed by atoms with Gasteiger partial charge in [-0.2, -0.15) is 15.1 Å². The quantitative estimate of drug-likeness (QED) is 0.134. The van der Waals surface area contributed by atoms with Crippen LogP contribution in [0, 0.1) is 50.4 Å². The van der Waals surface area contributed by atoms with E-state index in [2.05, 4.69) is 63.9 Å². The maximum Gasteiger partial charge on any atom is 0.240 e. The first kappa shape index (κ1) is 43.6. The number of anilines is 2. The first-order chi connectivity index (χ1) is 30.0. The van der Waals surface area contributed by atoms with E-state index >= 15 is 0 Å². The maximum absolute atomic E-state index is 11.2. The number of imidazole rings is 1. The summed E-state index contributed by atoms with van der Waals surface area (Å²) in [6.07, 6.45) is 4.83. The smallest absolute Gasteiger partial charge is 0.240 e. The fraction of sp³-hybridized carbons (Fsp3) is 0.311. The molecule has 1 aliphatic carbocycles. The number of fused-ring (bicyclic) bond motifs is 2. The van der Waals surface area contributed by atoms with Crippen LogP contribution < -0.4 is 11.5 Å². The van der Waals surface area contributed by atoms with Gasteiger partial charge in [-0.15, -0.1) is 0 Å². The summed E-state index contributed by atoms with van der Waals surface area (Å²) in [7, 11) is 0. The van der Waals surface area contributed by atoms with Crippen LogP contribution in [-0.4, -0.2) is 69.9 Å². The summed E-state index contributed by atoms with van der Waals surface area (Å²) in [4.78, 5) is 24.9. The van der Waals surface area contributed by atoms with Crippen molar-refractivity contribution in [3.05, 3.63) is 113 Å². The van der Waals surface area contributed by atoms with Crippen molar-refractivity contribution < 1.29 is 24.4 Å².